The van der Waals surface area contributed by atoms with E-state index in [4.69, 9.17) is 0 Å². The zero-order valence-electron chi connectivity index (χ0n) is 11.9. The number of nitrogens with one attached hydrogen (secondary N) is 1. The van der Waals surface area contributed by atoms with E-state index in [1.165, 1.54) is 0 Å². The summed E-state index contributed by atoms with van der Waals surface area (Å²) >= 11 is 0. The molecule has 0 radical (unpaired) electrons. The zero-order chi connectivity index (χ0) is 15.3. The van der Waals surface area contributed by atoms with Crippen molar-refractivity contribution in [2.75, 3.05) is 6.54 Å². The van der Waals surface area contributed by atoms with Crippen LogP contribution in [0.5, 0.6) is 0 Å². The Morgan fingerprint density at radius 3 is 2.33 bits per heavy atom. The molecular formula is C16H19NO3S. The third-order valence-corrected chi connectivity index (χ3v) is 4.84. The fourth-order valence-electron chi connectivity index (χ4n) is 2.20. The Kier molecular flexibility index (Phi) is 5.12. The van der Waals surface area contributed by atoms with Gasteiger partial charge in [-0.15, -0.1) is 0 Å². The van der Waals surface area contributed by atoms with Crippen LogP contribution < -0.4 is 4.72 Å². The second-order valence-electron chi connectivity index (χ2n) is 4.74. The molecule has 4 nitrogen and oxygen atoms in total. The van der Waals surface area contributed by atoms with Crippen molar-refractivity contribution in [1.82, 2.24) is 4.72 Å². The Balaban J connectivity index is 2.29. The van der Waals surface area contributed by atoms with Crippen LogP contribution in [0, 0.1) is 0 Å². The first-order chi connectivity index (χ1) is 10.0. The number of sulfonamides is 1. The van der Waals surface area contributed by atoms with Crippen LogP contribution >= 0.6 is 0 Å². The Bertz CT molecular complexity index is 684. The molecule has 0 fully saturated rings. The molecule has 0 spiro atoms. The van der Waals surface area contributed by atoms with Crippen LogP contribution in [0.1, 0.15) is 24.2 Å². The molecule has 112 valence electrons. The van der Waals surface area contributed by atoms with Crippen molar-refractivity contribution >= 4 is 10.0 Å². The van der Waals surface area contributed by atoms with Crippen LogP contribution in [-0.4, -0.2) is 20.1 Å². The summed E-state index contributed by atoms with van der Waals surface area (Å²) < 4.78 is 26.8. The molecule has 0 amide bonds. The van der Waals surface area contributed by atoms with Gasteiger partial charge >= 0.3 is 0 Å². The van der Waals surface area contributed by atoms with Crippen LogP contribution in [0.25, 0.3) is 0 Å². The standard InChI is InChI=1S/C16H19NO3S/c1-2-17-21(19,20)16-11-7-6-10-14(16)12-15(18)13-8-4-3-5-9-13/h3-11,15,17-18H,2,12H2,1H3. The summed E-state index contributed by atoms with van der Waals surface area (Å²) in [5.74, 6) is 0. The van der Waals surface area contributed by atoms with E-state index in [0.29, 0.717) is 12.1 Å². The molecule has 2 N–H and O–H groups in total. The SMILES string of the molecule is CCNS(=O)(=O)c1ccccc1CC(O)c1ccccc1. The first kappa shape index (κ1) is 15.7. The third kappa shape index (κ3) is 3.91. The maximum Gasteiger partial charge on any atom is 0.240 e. The monoisotopic (exact) mass is 305 g/mol. The molecule has 0 aromatic heterocycles. The second-order valence-corrected chi connectivity index (χ2v) is 6.48. The van der Waals surface area contributed by atoms with Crippen molar-refractivity contribution in [3.8, 4) is 0 Å². The van der Waals surface area contributed by atoms with Crippen LogP contribution in [0.2, 0.25) is 0 Å². The van der Waals surface area contributed by atoms with Crippen molar-refractivity contribution in [3.05, 3.63) is 65.7 Å². The van der Waals surface area contributed by atoms with Gasteiger partial charge in [-0.05, 0) is 17.2 Å². The highest BCUT2D eigenvalue weighted by molar-refractivity contribution is 7.89. The van der Waals surface area contributed by atoms with Gasteiger partial charge in [0.2, 0.25) is 10.0 Å². The molecule has 1 unspecified atom stereocenters. The molecule has 0 saturated heterocycles. The first-order valence-corrected chi connectivity index (χ1v) is 8.33. The summed E-state index contributed by atoms with van der Waals surface area (Å²) in [7, 11) is -3.53. The molecule has 2 rings (SSSR count). The van der Waals surface area contributed by atoms with Gasteiger partial charge in [-0.3, -0.25) is 0 Å². The van der Waals surface area contributed by atoms with Gasteiger partial charge in [0.1, 0.15) is 0 Å². The van der Waals surface area contributed by atoms with E-state index in [-0.39, 0.29) is 11.3 Å². The maximum atomic E-state index is 12.2. The molecule has 0 heterocycles. The fraction of sp³-hybridized carbons (Fsp3) is 0.250. The normalized spacial score (nSPS) is 13.0. The lowest BCUT2D eigenvalue weighted by Crippen LogP contribution is -2.24. The lowest BCUT2D eigenvalue weighted by molar-refractivity contribution is 0.177. The van der Waals surface area contributed by atoms with Crippen molar-refractivity contribution in [2.45, 2.75) is 24.3 Å². The number of hydrogen-bond donors (Lipinski definition) is 2. The van der Waals surface area contributed by atoms with Crippen LogP contribution in [0.3, 0.4) is 0 Å². The van der Waals surface area contributed by atoms with Crippen molar-refractivity contribution in [3.63, 3.8) is 0 Å². The van der Waals surface area contributed by atoms with Crippen LogP contribution in [0.15, 0.2) is 59.5 Å². The molecule has 21 heavy (non-hydrogen) atoms. The summed E-state index contributed by atoms with van der Waals surface area (Å²) in [6.07, 6.45) is -0.477. The van der Waals surface area contributed by atoms with Gasteiger partial charge in [-0.2, -0.15) is 0 Å². The molecule has 5 heteroatoms. The number of hydrogen-bond acceptors (Lipinski definition) is 3. The second kappa shape index (κ2) is 6.85. The average Bonchev–Trinajstić information content (AvgIpc) is 2.48. The minimum Gasteiger partial charge on any atom is -0.388 e. The lowest BCUT2D eigenvalue weighted by atomic mass is 10.0. The summed E-state index contributed by atoms with van der Waals surface area (Å²) in [5, 5.41) is 10.3. The van der Waals surface area contributed by atoms with Crippen LogP contribution in [0.4, 0.5) is 0 Å². The van der Waals surface area contributed by atoms with Gasteiger partial charge < -0.3 is 5.11 Å². The summed E-state index contributed by atoms with van der Waals surface area (Å²) in [4.78, 5) is 0.224. The zero-order valence-corrected chi connectivity index (χ0v) is 12.7. The smallest absolute Gasteiger partial charge is 0.240 e. The topological polar surface area (TPSA) is 66.4 Å². The average molecular weight is 305 g/mol. The largest absolute Gasteiger partial charge is 0.388 e. The van der Waals surface area contributed by atoms with E-state index >= 15 is 0 Å². The van der Waals surface area contributed by atoms with Gasteiger partial charge in [0.25, 0.3) is 0 Å². The van der Waals surface area contributed by atoms with Gasteiger partial charge in [0, 0.05) is 13.0 Å². The fourth-order valence-corrected chi connectivity index (χ4v) is 3.49. The highest BCUT2D eigenvalue weighted by Gasteiger charge is 2.19. The number of aliphatic hydroxyl groups excluding tert-OH is 1. The van der Waals surface area contributed by atoms with E-state index in [9.17, 15) is 13.5 Å². The molecule has 0 bridgehead atoms. The minimum absolute atomic E-state index is 0.224. The van der Waals surface area contributed by atoms with E-state index in [2.05, 4.69) is 4.72 Å². The molecule has 1 atom stereocenters. The molecule has 0 saturated carbocycles. The molecule has 2 aromatic carbocycles. The Labute approximate surface area is 125 Å². The first-order valence-electron chi connectivity index (χ1n) is 6.85. The van der Waals surface area contributed by atoms with E-state index < -0.39 is 16.1 Å². The Morgan fingerprint density at radius 2 is 1.67 bits per heavy atom. The summed E-state index contributed by atoms with van der Waals surface area (Å²) in [6, 6.07) is 16.0. The van der Waals surface area contributed by atoms with Crippen molar-refractivity contribution in [1.29, 1.82) is 0 Å². The number of aliphatic hydroxyl groups is 1. The highest BCUT2D eigenvalue weighted by atomic mass is 32.2. The predicted molar refractivity (Wildman–Crippen MR) is 82.4 cm³/mol. The van der Waals surface area contributed by atoms with Gasteiger partial charge in [-0.1, -0.05) is 55.5 Å². The molecule has 0 aliphatic heterocycles. The quantitative estimate of drug-likeness (QED) is 0.860. The Morgan fingerprint density at radius 1 is 1.05 bits per heavy atom. The Hall–Kier alpha value is -1.69. The van der Waals surface area contributed by atoms with Gasteiger partial charge in [0.05, 0.1) is 11.0 Å². The highest BCUT2D eigenvalue weighted by Crippen LogP contribution is 2.23. The molecular weight excluding hydrogens is 286 g/mol. The lowest BCUT2D eigenvalue weighted by Gasteiger charge is -2.14. The predicted octanol–water partition coefficient (Wildman–Crippen LogP) is 2.26. The van der Waals surface area contributed by atoms with Gasteiger partial charge in [0.15, 0.2) is 0 Å². The number of rotatable bonds is 6. The summed E-state index contributed by atoms with van der Waals surface area (Å²) in [6.45, 7) is 2.07. The van der Waals surface area contributed by atoms with E-state index in [0.717, 1.165) is 5.56 Å². The third-order valence-electron chi connectivity index (χ3n) is 3.19. The molecule has 2 aromatic rings. The molecule has 0 aliphatic carbocycles. The van der Waals surface area contributed by atoms with E-state index in [1.54, 1.807) is 31.2 Å². The summed E-state index contributed by atoms with van der Waals surface area (Å²) in [5.41, 5.74) is 1.38. The van der Waals surface area contributed by atoms with Crippen LogP contribution in [-0.2, 0) is 16.4 Å². The van der Waals surface area contributed by atoms with Crippen molar-refractivity contribution < 1.29 is 13.5 Å². The molecule has 0 aliphatic rings. The van der Waals surface area contributed by atoms with Gasteiger partial charge in [-0.25, -0.2) is 13.1 Å². The number of benzene rings is 2. The van der Waals surface area contributed by atoms with Crippen molar-refractivity contribution in [2.24, 2.45) is 0 Å². The van der Waals surface area contributed by atoms with E-state index in [1.807, 2.05) is 30.3 Å². The maximum absolute atomic E-state index is 12.2. The minimum atomic E-state index is -3.53.